The van der Waals surface area contributed by atoms with E-state index in [9.17, 15) is 10.2 Å². The lowest BCUT2D eigenvalue weighted by molar-refractivity contribution is 0.105. The molecule has 0 aromatic heterocycles. The van der Waals surface area contributed by atoms with Gasteiger partial charge in [-0.15, -0.1) is 0 Å². The van der Waals surface area contributed by atoms with Gasteiger partial charge in [-0.2, -0.15) is 0 Å². The Bertz CT molecular complexity index is 653. The highest BCUT2D eigenvalue weighted by Crippen LogP contribution is 2.30. The van der Waals surface area contributed by atoms with E-state index in [1.165, 1.54) is 11.1 Å². The third-order valence-electron chi connectivity index (χ3n) is 4.52. The fourth-order valence-corrected chi connectivity index (χ4v) is 2.93. The molecular formula is C20H27NO3. The fourth-order valence-electron chi connectivity index (χ4n) is 2.93. The first-order chi connectivity index (χ1) is 11.6. The number of phenolic OH excluding ortho intramolecular Hbond substituents is 1. The molecule has 0 heterocycles. The van der Waals surface area contributed by atoms with Crippen LogP contribution < -0.4 is 4.74 Å². The van der Waals surface area contributed by atoms with Crippen LogP contribution in [0.5, 0.6) is 11.5 Å². The maximum atomic E-state index is 10.3. The van der Waals surface area contributed by atoms with Crippen molar-refractivity contribution < 1.29 is 14.9 Å². The molecule has 0 unspecified atom stereocenters. The van der Waals surface area contributed by atoms with Gasteiger partial charge in [-0.1, -0.05) is 37.3 Å². The molecule has 2 aromatic carbocycles. The van der Waals surface area contributed by atoms with Crippen molar-refractivity contribution in [3.05, 3.63) is 59.2 Å². The molecule has 1 atom stereocenters. The Balaban J connectivity index is 2.32. The van der Waals surface area contributed by atoms with Gasteiger partial charge in [0.1, 0.15) is 11.5 Å². The summed E-state index contributed by atoms with van der Waals surface area (Å²) < 4.78 is 5.40. The molecule has 0 aliphatic heterocycles. The van der Waals surface area contributed by atoms with Crippen molar-refractivity contribution in [2.75, 3.05) is 13.7 Å². The van der Waals surface area contributed by atoms with E-state index in [1.54, 1.807) is 19.2 Å². The molecule has 24 heavy (non-hydrogen) atoms. The molecule has 2 N–H and O–H groups in total. The van der Waals surface area contributed by atoms with Crippen LogP contribution in [0.2, 0.25) is 0 Å². The normalized spacial score (nSPS) is 12.4. The second-order valence-corrected chi connectivity index (χ2v) is 6.03. The van der Waals surface area contributed by atoms with Crippen LogP contribution in [0.15, 0.2) is 42.5 Å². The minimum Gasteiger partial charge on any atom is -0.507 e. The lowest BCUT2D eigenvalue weighted by Crippen LogP contribution is -2.36. The van der Waals surface area contributed by atoms with E-state index in [0.717, 1.165) is 12.0 Å². The van der Waals surface area contributed by atoms with Gasteiger partial charge in [0.05, 0.1) is 13.7 Å². The summed E-state index contributed by atoms with van der Waals surface area (Å²) in [5.41, 5.74) is 3.19. The summed E-state index contributed by atoms with van der Waals surface area (Å²) in [7, 11) is 1.60. The van der Waals surface area contributed by atoms with Gasteiger partial charge in [-0.25, -0.2) is 0 Å². The van der Waals surface area contributed by atoms with Gasteiger partial charge in [-0.05, 0) is 36.6 Å². The van der Waals surface area contributed by atoms with Crippen LogP contribution >= 0.6 is 0 Å². The maximum absolute atomic E-state index is 10.3. The number of benzene rings is 2. The van der Waals surface area contributed by atoms with Crippen molar-refractivity contribution in [1.29, 1.82) is 0 Å². The highest BCUT2D eigenvalue weighted by atomic mass is 16.5. The van der Waals surface area contributed by atoms with E-state index in [-0.39, 0.29) is 18.4 Å². The Hall–Kier alpha value is -2.04. The predicted octanol–water partition coefficient (Wildman–Crippen LogP) is 3.48. The Labute approximate surface area is 144 Å². The molecule has 0 radical (unpaired) electrons. The average molecular weight is 329 g/mol. The second kappa shape index (κ2) is 8.71. The quantitative estimate of drug-likeness (QED) is 0.778. The van der Waals surface area contributed by atoms with E-state index >= 15 is 0 Å². The first-order valence-electron chi connectivity index (χ1n) is 8.34. The molecule has 0 amide bonds. The Morgan fingerprint density at radius 3 is 2.46 bits per heavy atom. The molecule has 0 saturated carbocycles. The SMILES string of the molecule is CC[C@H](CO)N(Cc1ccccc1C)Cc1c(O)cccc1OC. The lowest BCUT2D eigenvalue weighted by atomic mass is 10.0. The number of hydrogen-bond donors (Lipinski definition) is 2. The van der Waals surface area contributed by atoms with Crippen LogP contribution in [-0.2, 0) is 13.1 Å². The van der Waals surface area contributed by atoms with Crippen molar-refractivity contribution in [1.82, 2.24) is 4.90 Å². The van der Waals surface area contributed by atoms with Crippen molar-refractivity contribution in [3.8, 4) is 11.5 Å². The predicted molar refractivity (Wildman–Crippen MR) is 96.2 cm³/mol. The van der Waals surface area contributed by atoms with Crippen molar-refractivity contribution >= 4 is 0 Å². The van der Waals surface area contributed by atoms with Crippen LogP contribution in [0.1, 0.15) is 30.0 Å². The molecule has 0 aliphatic carbocycles. The fraction of sp³-hybridized carbons (Fsp3) is 0.400. The molecule has 130 valence electrons. The molecule has 4 heteroatoms. The highest BCUT2D eigenvalue weighted by molar-refractivity contribution is 5.44. The molecule has 0 aliphatic rings. The van der Waals surface area contributed by atoms with E-state index in [2.05, 4.69) is 30.9 Å². The minimum atomic E-state index is 0.0221. The third kappa shape index (κ3) is 4.28. The molecule has 4 nitrogen and oxygen atoms in total. The van der Waals surface area contributed by atoms with Crippen LogP contribution in [0.25, 0.3) is 0 Å². The van der Waals surface area contributed by atoms with E-state index in [1.807, 2.05) is 18.2 Å². The molecule has 0 fully saturated rings. The molecular weight excluding hydrogens is 302 g/mol. The van der Waals surface area contributed by atoms with E-state index < -0.39 is 0 Å². The summed E-state index contributed by atoms with van der Waals surface area (Å²) in [5, 5.41) is 20.0. The number of aliphatic hydroxyl groups is 1. The first-order valence-corrected chi connectivity index (χ1v) is 8.34. The Kier molecular flexibility index (Phi) is 6.64. The summed E-state index contributed by atoms with van der Waals surface area (Å²) in [6.07, 6.45) is 0.832. The van der Waals surface area contributed by atoms with Gasteiger partial charge in [0.25, 0.3) is 0 Å². The number of rotatable bonds is 8. The zero-order valence-corrected chi connectivity index (χ0v) is 14.7. The molecule has 0 saturated heterocycles. The van der Waals surface area contributed by atoms with Gasteiger partial charge in [0.15, 0.2) is 0 Å². The largest absolute Gasteiger partial charge is 0.507 e. The number of nitrogens with zero attached hydrogens (tertiary/aromatic N) is 1. The summed E-state index contributed by atoms with van der Waals surface area (Å²) in [6, 6.07) is 13.6. The van der Waals surface area contributed by atoms with E-state index in [4.69, 9.17) is 4.74 Å². The van der Waals surface area contributed by atoms with Crippen molar-refractivity contribution in [2.45, 2.75) is 39.4 Å². The molecule has 2 rings (SSSR count). The number of ether oxygens (including phenoxy) is 1. The monoisotopic (exact) mass is 329 g/mol. The second-order valence-electron chi connectivity index (χ2n) is 6.03. The Morgan fingerprint density at radius 2 is 1.83 bits per heavy atom. The number of phenols is 1. The van der Waals surface area contributed by atoms with Crippen LogP contribution in [0, 0.1) is 6.92 Å². The summed E-state index contributed by atoms with van der Waals surface area (Å²) in [4.78, 5) is 2.19. The molecule has 2 aromatic rings. The van der Waals surface area contributed by atoms with Crippen molar-refractivity contribution in [3.63, 3.8) is 0 Å². The minimum absolute atomic E-state index is 0.0221. The zero-order chi connectivity index (χ0) is 17.5. The van der Waals surface area contributed by atoms with Crippen LogP contribution in [0.4, 0.5) is 0 Å². The zero-order valence-electron chi connectivity index (χ0n) is 14.7. The summed E-state index contributed by atoms with van der Waals surface area (Å²) in [5.74, 6) is 0.884. The number of aryl methyl sites for hydroxylation is 1. The number of aliphatic hydroxyl groups excluding tert-OH is 1. The standard InChI is InChI=1S/C20H27NO3/c1-4-17(14-22)21(12-16-9-6-5-8-15(16)2)13-18-19(23)10-7-11-20(18)24-3/h5-11,17,22-23H,4,12-14H2,1-3H3/t17-/m1/s1. The number of hydrogen-bond acceptors (Lipinski definition) is 4. The third-order valence-corrected chi connectivity index (χ3v) is 4.52. The first kappa shape index (κ1) is 18.3. The summed E-state index contributed by atoms with van der Waals surface area (Å²) >= 11 is 0. The van der Waals surface area contributed by atoms with Crippen LogP contribution in [0.3, 0.4) is 0 Å². The summed E-state index contributed by atoms with van der Waals surface area (Å²) in [6.45, 7) is 5.46. The van der Waals surface area contributed by atoms with Gasteiger partial charge >= 0.3 is 0 Å². The van der Waals surface area contributed by atoms with Gasteiger partial charge in [0.2, 0.25) is 0 Å². The smallest absolute Gasteiger partial charge is 0.127 e. The topological polar surface area (TPSA) is 52.9 Å². The molecule has 0 bridgehead atoms. The maximum Gasteiger partial charge on any atom is 0.127 e. The Morgan fingerprint density at radius 1 is 1.08 bits per heavy atom. The lowest BCUT2D eigenvalue weighted by Gasteiger charge is -2.31. The highest BCUT2D eigenvalue weighted by Gasteiger charge is 2.21. The number of methoxy groups -OCH3 is 1. The van der Waals surface area contributed by atoms with Gasteiger partial charge in [0, 0.05) is 24.7 Å². The van der Waals surface area contributed by atoms with Gasteiger partial charge in [-0.3, -0.25) is 4.90 Å². The number of aromatic hydroxyl groups is 1. The van der Waals surface area contributed by atoms with E-state index in [0.29, 0.717) is 18.8 Å². The molecule has 0 spiro atoms. The van der Waals surface area contributed by atoms with Crippen LogP contribution in [-0.4, -0.2) is 34.9 Å². The average Bonchev–Trinajstić information content (AvgIpc) is 2.59. The van der Waals surface area contributed by atoms with Gasteiger partial charge < -0.3 is 14.9 Å². The van der Waals surface area contributed by atoms with Crippen molar-refractivity contribution in [2.24, 2.45) is 0 Å².